The van der Waals surface area contributed by atoms with Crippen LogP contribution in [0.5, 0.6) is 0 Å². The zero-order chi connectivity index (χ0) is 30.8. The lowest BCUT2D eigenvalue weighted by Crippen LogP contribution is -2.50. The summed E-state index contributed by atoms with van der Waals surface area (Å²) in [5.41, 5.74) is 2.14. The van der Waals surface area contributed by atoms with Crippen molar-refractivity contribution in [3.05, 3.63) is 60.5 Å². The standard InChI is InChI=1S/C32H37FN8O3/c1-32(2,3)44-31(43)40-19-17-38(18-20-40)27-12-11-25-29(37-27)41(28(35-25)22-7-9-23(33)10-8-22)24-13-14-34-26(21-24)36-30(42)39-15-5-4-6-16-39/h7-14,21H,4-6,15-20H2,1-3H3,(H,34,36,42). The fourth-order valence-corrected chi connectivity index (χ4v) is 5.52. The molecule has 0 atom stereocenters. The maximum Gasteiger partial charge on any atom is 0.410 e. The second kappa shape index (κ2) is 12.1. The van der Waals surface area contributed by atoms with Gasteiger partial charge < -0.3 is 19.4 Å². The molecule has 44 heavy (non-hydrogen) atoms. The molecule has 2 aliphatic heterocycles. The Bertz CT molecular complexity index is 1650. The van der Waals surface area contributed by atoms with Crippen LogP contribution in [0.1, 0.15) is 40.0 Å². The number of anilines is 2. The summed E-state index contributed by atoms with van der Waals surface area (Å²) in [5, 5.41) is 2.94. The number of likely N-dealkylation sites (tertiary alicyclic amines) is 1. The van der Waals surface area contributed by atoms with Crippen LogP contribution in [-0.2, 0) is 4.74 Å². The number of amides is 3. The Morgan fingerprint density at radius 3 is 2.30 bits per heavy atom. The summed E-state index contributed by atoms with van der Waals surface area (Å²) >= 11 is 0. The third kappa shape index (κ3) is 6.43. The van der Waals surface area contributed by atoms with Crippen molar-refractivity contribution in [2.45, 2.75) is 45.6 Å². The molecule has 12 heteroatoms. The van der Waals surface area contributed by atoms with Crippen LogP contribution >= 0.6 is 0 Å². The number of piperazine rings is 1. The number of fused-ring (bicyclic) bond motifs is 1. The van der Waals surface area contributed by atoms with E-state index in [-0.39, 0.29) is 17.9 Å². The molecular weight excluding hydrogens is 563 g/mol. The van der Waals surface area contributed by atoms with E-state index in [0.29, 0.717) is 60.2 Å². The molecule has 2 aliphatic rings. The van der Waals surface area contributed by atoms with Crippen LogP contribution in [0, 0.1) is 5.82 Å². The summed E-state index contributed by atoms with van der Waals surface area (Å²) < 4.78 is 21.3. The first-order chi connectivity index (χ1) is 21.1. The van der Waals surface area contributed by atoms with Gasteiger partial charge in [0.1, 0.15) is 34.4 Å². The van der Waals surface area contributed by atoms with E-state index >= 15 is 0 Å². The van der Waals surface area contributed by atoms with Crippen molar-refractivity contribution in [3.8, 4) is 17.1 Å². The lowest BCUT2D eigenvalue weighted by Gasteiger charge is -2.36. The van der Waals surface area contributed by atoms with E-state index in [4.69, 9.17) is 14.7 Å². The van der Waals surface area contributed by atoms with Gasteiger partial charge in [0.05, 0.1) is 5.69 Å². The van der Waals surface area contributed by atoms with Gasteiger partial charge in [-0.2, -0.15) is 0 Å². The lowest BCUT2D eigenvalue weighted by molar-refractivity contribution is 0.0240. The Kier molecular flexibility index (Phi) is 8.07. The molecule has 5 heterocycles. The van der Waals surface area contributed by atoms with Crippen LogP contribution in [0.25, 0.3) is 28.2 Å². The molecule has 4 aromatic rings. The van der Waals surface area contributed by atoms with Gasteiger partial charge in [-0.05, 0) is 82.5 Å². The van der Waals surface area contributed by atoms with Crippen LogP contribution in [0.15, 0.2) is 54.7 Å². The quantitative estimate of drug-likeness (QED) is 0.320. The number of nitrogens with zero attached hydrogens (tertiary/aromatic N) is 7. The predicted octanol–water partition coefficient (Wildman–Crippen LogP) is 5.70. The SMILES string of the molecule is CC(C)(C)OC(=O)N1CCN(c2ccc3nc(-c4ccc(F)cc4)n(-c4ccnc(NC(=O)N5CCCCC5)c4)c3n2)CC1. The highest BCUT2D eigenvalue weighted by Crippen LogP contribution is 2.30. The van der Waals surface area contributed by atoms with Gasteiger partial charge >= 0.3 is 12.1 Å². The number of rotatable bonds is 4. The number of nitrogens with one attached hydrogen (secondary N) is 1. The molecule has 0 spiro atoms. The topological polar surface area (TPSA) is 109 Å². The molecule has 0 saturated carbocycles. The van der Waals surface area contributed by atoms with Gasteiger partial charge in [0, 0.05) is 57.1 Å². The third-order valence-corrected chi connectivity index (χ3v) is 7.73. The average Bonchev–Trinajstić information content (AvgIpc) is 3.40. The summed E-state index contributed by atoms with van der Waals surface area (Å²) in [6.45, 7) is 9.25. The van der Waals surface area contributed by atoms with Crippen molar-refractivity contribution in [3.63, 3.8) is 0 Å². The van der Waals surface area contributed by atoms with Crippen molar-refractivity contribution >= 4 is 34.9 Å². The number of imidazole rings is 1. The normalized spacial score (nSPS) is 15.9. The van der Waals surface area contributed by atoms with Crippen molar-refractivity contribution < 1.29 is 18.7 Å². The van der Waals surface area contributed by atoms with Crippen LogP contribution in [0.4, 0.5) is 25.6 Å². The van der Waals surface area contributed by atoms with E-state index in [1.165, 1.54) is 12.1 Å². The van der Waals surface area contributed by atoms with Crippen molar-refractivity contribution in [1.82, 2.24) is 29.3 Å². The number of benzene rings is 1. The summed E-state index contributed by atoms with van der Waals surface area (Å²) in [6, 6.07) is 13.5. The van der Waals surface area contributed by atoms with Gasteiger partial charge in [0.2, 0.25) is 0 Å². The van der Waals surface area contributed by atoms with Crippen LogP contribution in [-0.4, -0.2) is 86.3 Å². The molecule has 11 nitrogen and oxygen atoms in total. The van der Waals surface area contributed by atoms with Crippen molar-refractivity contribution in [2.24, 2.45) is 0 Å². The number of piperidine rings is 1. The average molecular weight is 601 g/mol. The van der Waals surface area contributed by atoms with E-state index in [0.717, 1.165) is 38.2 Å². The van der Waals surface area contributed by atoms with E-state index in [2.05, 4.69) is 15.2 Å². The molecule has 230 valence electrons. The summed E-state index contributed by atoms with van der Waals surface area (Å²) in [5.74, 6) is 1.41. The number of hydrogen-bond donors (Lipinski definition) is 1. The molecule has 2 fully saturated rings. The second-order valence-electron chi connectivity index (χ2n) is 12.1. The van der Waals surface area contributed by atoms with Gasteiger partial charge in [-0.25, -0.2) is 28.9 Å². The van der Waals surface area contributed by atoms with E-state index < -0.39 is 5.60 Å². The highest BCUT2D eigenvalue weighted by molar-refractivity contribution is 5.89. The molecule has 0 bridgehead atoms. The van der Waals surface area contributed by atoms with Gasteiger partial charge in [0.25, 0.3) is 0 Å². The molecule has 3 aromatic heterocycles. The number of hydrogen-bond acceptors (Lipinski definition) is 7. The first kappa shape index (κ1) is 29.3. The maximum absolute atomic E-state index is 13.8. The summed E-state index contributed by atoms with van der Waals surface area (Å²) in [4.78, 5) is 45.5. The van der Waals surface area contributed by atoms with Gasteiger partial charge in [-0.15, -0.1) is 0 Å². The van der Waals surface area contributed by atoms with Crippen molar-refractivity contribution in [2.75, 3.05) is 49.5 Å². The molecule has 1 N–H and O–H groups in total. The van der Waals surface area contributed by atoms with Crippen LogP contribution in [0.2, 0.25) is 0 Å². The summed E-state index contributed by atoms with van der Waals surface area (Å²) in [6.07, 6.45) is 4.44. The smallest absolute Gasteiger partial charge is 0.410 e. The number of carbonyl (C=O) groups is 2. The first-order valence-corrected chi connectivity index (χ1v) is 15.1. The minimum Gasteiger partial charge on any atom is -0.444 e. The largest absolute Gasteiger partial charge is 0.444 e. The fourth-order valence-electron chi connectivity index (χ4n) is 5.52. The number of halogens is 1. The highest BCUT2D eigenvalue weighted by Gasteiger charge is 2.27. The Hall–Kier alpha value is -4.74. The number of carbonyl (C=O) groups excluding carboxylic acids is 2. The van der Waals surface area contributed by atoms with Crippen molar-refractivity contribution in [1.29, 1.82) is 0 Å². The van der Waals surface area contributed by atoms with E-state index in [1.807, 2.05) is 48.4 Å². The zero-order valence-electron chi connectivity index (χ0n) is 25.3. The highest BCUT2D eigenvalue weighted by atomic mass is 19.1. The molecule has 1 aromatic carbocycles. The lowest BCUT2D eigenvalue weighted by atomic mass is 10.1. The number of aromatic nitrogens is 4. The molecule has 0 aliphatic carbocycles. The minimum atomic E-state index is -0.551. The zero-order valence-corrected chi connectivity index (χ0v) is 25.3. The number of urea groups is 1. The maximum atomic E-state index is 13.8. The first-order valence-electron chi connectivity index (χ1n) is 15.1. The molecular formula is C32H37FN8O3. The Balaban J connectivity index is 1.32. The number of pyridine rings is 2. The second-order valence-corrected chi connectivity index (χ2v) is 12.1. The third-order valence-electron chi connectivity index (χ3n) is 7.73. The van der Waals surface area contributed by atoms with Gasteiger partial charge in [-0.3, -0.25) is 9.88 Å². The van der Waals surface area contributed by atoms with Crippen LogP contribution in [0.3, 0.4) is 0 Å². The number of ether oxygens (including phenoxy) is 1. The predicted molar refractivity (Wildman–Crippen MR) is 167 cm³/mol. The molecule has 2 saturated heterocycles. The minimum absolute atomic E-state index is 0.172. The summed E-state index contributed by atoms with van der Waals surface area (Å²) in [7, 11) is 0. The van der Waals surface area contributed by atoms with Gasteiger partial charge in [0.15, 0.2) is 5.65 Å². The monoisotopic (exact) mass is 600 g/mol. The molecule has 0 radical (unpaired) electrons. The van der Waals surface area contributed by atoms with Gasteiger partial charge in [-0.1, -0.05) is 0 Å². The molecule has 3 amide bonds. The Morgan fingerprint density at radius 2 is 1.59 bits per heavy atom. The van der Waals surface area contributed by atoms with Crippen LogP contribution < -0.4 is 10.2 Å². The van der Waals surface area contributed by atoms with E-state index in [1.54, 1.807) is 29.3 Å². The Morgan fingerprint density at radius 1 is 0.864 bits per heavy atom. The fraction of sp³-hybridized carbons (Fsp3) is 0.406. The van der Waals surface area contributed by atoms with E-state index in [9.17, 15) is 14.0 Å². The Labute approximate surface area is 255 Å². The molecule has 6 rings (SSSR count). The molecule has 0 unspecified atom stereocenters.